The van der Waals surface area contributed by atoms with Crippen LogP contribution in [-0.4, -0.2) is 36.5 Å². The molecule has 148 valence electrons. The molecule has 1 amide bonds. The lowest BCUT2D eigenvalue weighted by atomic mass is 9.91. The van der Waals surface area contributed by atoms with Crippen molar-refractivity contribution in [2.75, 3.05) is 19.7 Å². The predicted molar refractivity (Wildman–Crippen MR) is 108 cm³/mol. The van der Waals surface area contributed by atoms with Gasteiger partial charge < -0.3 is 15.0 Å². The molecule has 1 aromatic rings. The molecule has 5 rings (SSSR count). The maximum absolute atomic E-state index is 13.5. The van der Waals surface area contributed by atoms with E-state index in [-0.39, 0.29) is 18.3 Å². The van der Waals surface area contributed by atoms with E-state index in [0.717, 1.165) is 44.8 Å². The lowest BCUT2D eigenvalue weighted by Crippen LogP contribution is -2.41. The smallest absolute Gasteiger partial charge is 0.226 e. The summed E-state index contributed by atoms with van der Waals surface area (Å²) < 4.78 is 5.64. The summed E-state index contributed by atoms with van der Waals surface area (Å²) in [6.45, 7) is 3.74. The quantitative estimate of drug-likeness (QED) is 0.852. The van der Waals surface area contributed by atoms with Crippen molar-refractivity contribution in [1.29, 1.82) is 0 Å². The molecule has 2 aliphatic carbocycles. The number of carbonyl (C=O) groups is 1. The molecule has 2 aliphatic heterocycles. The molecule has 3 fully saturated rings. The number of nitrogens with one attached hydrogen (secondary N) is 1. The summed E-state index contributed by atoms with van der Waals surface area (Å²) in [7, 11) is 0. The number of benzene rings is 1. The summed E-state index contributed by atoms with van der Waals surface area (Å²) in [6, 6.07) is 6.98. The first-order chi connectivity index (χ1) is 12.8. The van der Waals surface area contributed by atoms with Crippen molar-refractivity contribution in [2.45, 2.75) is 64.0 Å². The molecule has 1 spiro atoms. The predicted octanol–water partition coefficient (Wildman–Crippen LogP) is 3.70. The van der Waals surface area contributed by atoms with Crippen LogP contribution in [-0.2, 0) is 17.8 Å². The van der Waals surface area contributed by atoms with Crippen LogP contribution in [0, 0.1) is 11.3 Å². The highest BCUT2D eigenvalue weighted by molar-refractivity contribution is 5.85. The molecule has 4 nitrogen and oxygen atoms in total. The molecule has 0 bridgehead atoms. The van der Waals surface area contributed by atoms with Gasteiger partial charge in [0.25, 0.3) is 0 Å². The minimum Gasteiger partial charge on any atom is -0.493 e. The van der Waals surface area contributed by atoms with Crippen molar-refractivity contribution in [3.8, 4) is 5.75 Å². The van der Waals surface area contributed by atoms with Gasteiger partial charge in [-0.3, -0.25) is 4.79 Å². The Bertz CT molecular complexity index is 696. The summed E-state index contributed by atoms with van der Waals surface area (Å²) in [5, 5.41) is 3.45. The highest BCUT2D eigenvalue weighted by atomic mass is 35.5. The van der Waals surface area contributed by atoms with Gasteiger partial charge in [-0.2, -0.15) is 0 Å². The molecular weight excluding hydrogens is 360 g/mol. The topological polar surface area (TPSA) is 41.6 Å². The van der Waals surface area contributed by atoms with E-state index in [4.69, 9.17) is 4.74 Å². The Morgan fingerprint density at radius 3 is 2.78 bits per heavy atom. The van der Waals surface area contributed by atoms with E-state index in [2.05, 4.69) is 28.4 Å². The third-order valence-electron chi connectivity index (χ3n) is 7.24. The minimum absolute atomic E-state index is 0. The number of nitrogens with zero attached hydrogens (tertiary/aromatic N) is 1. The molecule has 1 atom stereocenters. The molecule has 0 aromatic heterocycles. The Balaban J connectivity index is 0.00000180. The summed E-state index contributed by atoms with van der Waals surface area (Å²) in [4.78, 5) is 15.7. The van der Waals surface area contributed by atoms with Gasteiger partial charge in [0.15, 0.2) is 0 Å². The standard InChI is InChI=1S/C22H30N2O2.ClH/c25-21(19-14-22(19)8-10-23-11-9-22)24(18-3-1-2-4-18)15-16-5-6-20-17(13-16)7-12-26-20;/h5-6,13,18-19,23H,1-4,7-12,14-15H2;1H. The molecule has 5 heteroatoms. The van der Waals surface area contributed by atoms with Crippen LogP contribution in [0.3, 0.4) is 0 Å². The number of piperidine rings is 1. The zero-order valence-corrected chi connectivity index (χ0v) is 16.9. The van der Waals surface area contributed by atoms with E-state index in [1.165, 1.54) is 49.7 Å². The number of hydrogen-bond donors (Lipinski definition) is 1. The summed E-state index contributed by atoms with van der Waals surface area (Å²) in [5.74, 6) is 1.75. The van der Waals surface area contributed by atoms with Crippen LogP contribution in [0.15, 0.2) is 18.2 Å². The first-order valence-corrected chi connectivity index (χ1v) is 10.5. The zero-order valence-electron chi connectivity index (χ0n) is 16.0. The average molecular weight is 391 g/mol. The van der Waals surface area contributed by atoms with E-state index < -0.39 is 0 Å². The Morgan fingerprint density at radius 2 is 2.00 bits per heavy atom. The van der Waals surface area contributed by atoms with Crippen molar-refractivity contribution in [1.82, 2.24) is 10.2 Å². The number of fused-ring (bicyclic) bond motifs is 1. The van der Waals surface area contributed by atoms with E-state index in [1.807, 2.05) is 0 Å². The SMILES string of the molecule is Cl.O=C(C1CC12CCNCC2)N(Cc1ccc2c(c1)CCO2)C1CCCC1. The molecule has 27 heavy (non-hydrogen) atoms. The van der Waals surface area contributed by atoms with Crippen LogP contribution in [0.1, 0.15) is 56.1 Å². The van der Waals surface area contributed by atoms with E-state index in [9.17, 15) is 4.79 Å². The minimum atomic E-state index is 0. The number of carbonyl (C=O) groups excluding carboxylic acids is 1. The van der Waals surface area contributed by atoms with E-state index in [0.29, 0.717) is 17.4 Å². The maximum atomic E-state index is 13.5. The Kier molecular flexibility index (Phi) is 5.39. The number of halogens is 1. The Hall–Kier alpha value is -1.26. The molecule has 1 N–H and O–H groups in total. The van der Waals surface area contributed by atoms with Crippen molar-refractivity contribution >= 4 is 18.3 Å². The van der Waals surface area contributed by atoms with Crippen LogP contribution in [0.4, 0.5) is 0 Å². The maximum Gasteiger partial charge on any atom is 0.226 e. The van der Waals surface area contributed by atoms with Crippen LogP contribution >= 0.6 is 12.4 Å². The highest BCUT2D eigenvalue weighted by Crippen LogP contribution is 2.59. The van der Waals surface area contributed by atoms with Crippen LogP contribution in [0.2, 0.25) is 0 Å². The highest BCUT2D eigenvalue weighted by Gasteiger charge is 2.59. The summed E-state index contributed by atoms with van der Waals surface area (Å²) in [6.07, 6.45) is 9.38. The van der Waals surface area contributed by atoms with Gasteiger partial charge in [0.2, 0.25) is 5.91 Å². The van der Waals surface area contributed by atoms with E-state index in [1.54, 1.807) is 0 Å². The number of hydrogen-bond acceptors (Lipinski definition) is 3. The van der Waals surface area contributed by atoms with Crippen LogP contribution in [0.5, 0.6) is 5.75 Å². The van der Waals surface area contributed by atoms with Crippen molar-refractivity contribution in [3.63, 3.8) is 0 Å². The normalized spacial score (nSPS) is 25.6. The van der Waals surface area contributed by atoms with Crippen LogP contribution < -0.4 is 10.1 Å². The Labute approximate surface area is 168 Å². The van der Waals surface area contributed by atoms with Gasteiger partial charge in [-0.1, -0.05) is 25.0 Å². The Morgan fingerprint density at radius 1 is 1.22 bits per heavy atom. The van der Waals surface area contributed by atoms with Gasteiger partial charge in [-0.25, -0.2) is 0 Å². The summed E-state index contributed by atoms with van der Waals surface area (Å²) in [5.41, 5.74) is 2.90. The fraction of sp³-hybridized carbons (Fsp3) is 0.682. The monoisotopic (exact) mass is 390 g/mol. The first-order valence-electron chi connectivity index (χ1n) is 10.5. The number of ether oxygens (including phenoxy) is 1. The largest absolute Gasteiger partial charge is 0.493 e. The van der Waals surface area contributed by atoms with Gasteiger partial charge in [0.1, 0.15) is 5.75 Å². The second-order valence-electron chi connectivity index (χ2n) is 8.81. The second kappa shape index (κ2) is 7.63. The number of amides is 1. The van der Waals surface area contributed by atoms with Gasteiger partial charge in [0, 0.05) is 24.9 Å². The van der Waals surface area contributed by atoms with Crippen LogP contribution in [0.25, 0.3) is 0 Å². The fourth-order valence-electron chi connectivity index (χ4n) is 5.51. The first kappa shape index (κ1) is 19.1. The number of rotatable bonds is 4. The molecule has 0 radical (unpaired) electrons. The lowest BCUT2D eigenvalue weighted by Gasteiger charge is -2.31. The molecular formula is C22H31ClN2O2. The fourth-order valence-corrected chi connectivity index (χ4v) is 5.51. The molecule has 4 aliphatic rings. The van der Waals surface area contributed by atoms with Gasteiger partial charge in [0.05, 0.1) is 6.61 Å². The van der Waals surface area contributed by atoms with E-state index >= 15 is 0 Å². The van der Waals surface area contributed by atoms with Gasteiger partial charge in [-0.05, 0) is 67.8 Å². The zero-order chi connectivity index (χ0) is 17.6. The molecule has 1 unspecified atom stereocenters. The van der Waals surface area contributed by atoms with Crippen molar-refractivity contribution < 1.29 is 9.53 Å². The molecule has 1 aromatic carbocycles. The molecule has 2 heterocycles. The second-order valence-corrected chi connectivity index (χ2v) is 8.81. The van der Waals surface area contributed by atoms with Gasteiger partial charge in [-0.15, -0.1) is 12.4 Å². The van der Waals surface area contributed by atoms with Crippen molar-refractivity contribution in [3.05, 3.63) is 29.3 Å². The third kappa shape index (κ3) is 3.58. The van der Waals surface area contributed by atoms with Crippen molar-refractivity contribution in [2.24, 2.45) is 11.3 Å². The molecule has 2 saturated carbocycles. The third-order valence-corrected chi connectivity index (χ3v) is 7.24. The van der Waals surface area contributed by atoms with Gasteiger partial charge >= 0.3 is 0 Å². The lowest BCUT2D eigenvalue weighted by molar-refractivity contribution is -0.136. The average Bonchev–Trinajstić information content (AvgIpc) is 3.08. The summed E-state index contributed by atoms with van der Waals surface area (Å²) >= 11 is 0. The molecule has 1 saturated heterocycles.